The van der Waals surface area contributed by atoms with Crippen LogP contribution >= 0.6 is 11.3 Å². The van der Waals surface area contributed by atoms with Crippen molar-refractivity contribution in [3.05, 3.63) is 39.3 Å². The largest absolute Gasteiger partial charge is 0.462 e. The quantitative estimate of drug-likeness (QED) is 0.789. The van der Waals surface area contributed by atoms with Crippen LogP contribution in [0.15, 0.2) is 22.4 Å². The van der Waals surface area contributed by atoms with Gasteiger partial charge in [0.05, 0.1) is 6.61 Å². The average molecular weight is 342 g/mol. The molecule has 0 bridgehead atoms. The first kappa shape index (κ1) is 16.7. The Kier molecular flexibility index (Phi) is 5.05. The summed E-state index contributed by atoms with van der Waals surface area (Å²) < 4.78 is 32.6. The van der Waals surface area contributed by atoms with E-state index in [1.807, 2.05) is 17.5 Å². The van der Waals surface area contributed by atoms with E-state index >= 15 is 0 Å². The molecular formula is C14H18N2O4S2. The Bertz CT molecular complexity index is 761. The van der Waals surface area contributed by atoms with Crippen molar-refractivity contribution in [2.24, 2.45) is 0 Å². The van der Waals surface area contributed by atoms with E-state index < -0.39 is 16.0 Å². The van der Waals surface area contributed by atoms with Gasteiger partial charge in [-0.05, 0) is 32.2 Å². The molecule has 0 aliphatic rings. The van der Waals surface area contributed by atoms with E-state index in [0.29, 0.717) is 11.4 Å². The standard InChI is InChI=1S/C14H18N2O4S2/c1-4-20-14(17)12-9(2)16-10(3)13(12)22(18,19)15-8-11-6-5-7-21-11/h5-7,15-16H,4,8H2,1-3H3. The molecule has 0 unspecified atom stereocenters. The van der Waals surface area contributed by atoms with E-state index in [2.05, 4.69) is 9.71 Å². The Balaban J connectivity index is 2.35. The first-order chi connectivity index (χ1) is 10.4. The molecule has 120 valence electrons. The Morgan fingerprint density at radius 2 is 2.09 bits per heavy atom. The Morgan fingerprint density at radius 3 is 2.68 bits per heavy atom. The average Bonchev–Trinajstić information content (AvgIpc) is 3.04. The van der Waals surface area contributed by atoms with Crippen LogP contribution in [0.3, 0.4) is 0 Å². The lowest BCUT2D eigenvalue weighted by Crippen LogP contribution is -2.25. The molecule has 0 fully saturated rings. The lowest BCUT2D eigenvalue weighted by molar-refractivity contribution is 0.0521. The summed E-state index contributed by atoms with van der Waals surface area (Å²) in [6.07, 6.45) is 0. The van der Waals surface area contributed by atoms with Crippen LogP contribution in [0.2, 0.25) is 0 Å². The molecule has 2 rings (SSSR count). The third-order valence-electron chi connectivity index (χ3n) is 3.08. The van der Waals surface area contributed by atoms with Gasteiger partial charge in [0.25, 0.3) is 0 Å². The summed E-state index contributed by atoms with van der Waals surface area (Å²) in [6.45, 7) is 5.32. The summed E-state index contributed by atoms with van der Waals surface area (Å²) >= 11 is 1.46. The van der Waals surface area contributed by atoms with E-state index in [1.165, 1.54) is 11.3 Å². The summed E-state index contributed by atoms with van der Waals surface area (Å²) in [4.78, 5) is 15.8. The molecule has 0 spiro atoms. The van der Waals surface area contributed by atoms with Crippen molar-refractivity contribution in [1.29, 1.82) is 0 Å². The summed E-state index contributed by atoms with van der Waals surface area (Å²) in [6, 6.07) is 3.69. The maximum absolute atomic E-state index is 12.6. The van der Waals surface area contributed by atoms with Gasteiger partial charge >= 0.3 is 5.97 Å². The SMILES string of the molecule is CCOC(=O)c1c(C)[nH]c(C)c1S(=O)(=O)NCc1cccs1. The van der Waals surface area contributed by atoms with Gasteiger partial charge in [-0.25, -0.2) is 17.9 Å². The number of aromatic nitrogens is 1. The van der Waals surface area contributed by atoms with Crippen LogP contribution in [0.1, 0.15) is 33.5 Å². The number of aryl methyl sites for hydroxylation is 2. The monoisotopic (exact) mass is 342 g/mol. The molecule has 0 radical (unpaired) electrons. The lowest BCUT2D eigenvalue weighted by atomic mass is 10.2. The van der Waals surface area contributed by atoms with Crippen LogP contribution in [0.25, 0.3) is 0 Å². The minimum absolute atomic E-state index is 0.0417. The molecule has 6 nitrogen and oxygen atoms in total. The van der Waals surface area contributed by atoms with Gasteiger partial charge in [-0.2, -0.15) is 0 Å². The highest BCUT2D eigenvalue weighted by Gasteiger charge is 2.29. The summed E-state index contributed by atoms with van der Waals surface area (Å²) in [5.41, 5.74) is 0.963. The van der Waals surface area contributed by atoms with E-state index in [0.717, 1.165) is 4.88 Å². The van der Waals surface area contributed by atoms with E-state index in [9.17, 15) is 13.2 Å². The minimum Gasteiger partial charge on any atom is -0.462 e. The van der Waals surface area contributed by atoms with Crippen molar-refractivity contribution in [3.63, 3.8) is 0 Å². The number of nitrogens with one attached hydrogen (secondary N) is 2. The number of rotatable bonds is 6. The maximum Gasteiger partial charge on any atom is 0.341 e. The third kappa shape index (κ3) is 3.40. The van der Waals surface area contributed by atoms with Gasteiger partial charge in [-0.15, -0.1) is 11.3 Å². The number of ether oxygens (including phenoxy) is 1. The van der Waals surface area contributed by atoms with Gasteiger partial charge in [0, 0.05) is 22.8 Å². The number of thiophene rings is 1. The third-order valence-corrected chi connectivity index (χ3v) is 5.53. The highest BCUT2D eigenvalue weighted by atomic mass is 32.2. The van der Waals surface area contributed by atoms with Crippen molar-refractivity contribution in [3.8, 4) is 0 Å². The Hall–Kier alpha value is -1.64. The van der Waals surface area contributed by atoms with Crippen molar-refractivity contribution >= 4 is 27.3 Å². The molecule has 2 aromatic rings. The molecule has 2 heterocycles. The van der Waals surface area contributed by atoms with Gasteiger partial charge in [-0.1, -0.05) is 6.07 Å². The van der Waals surface area contributed by atoms with Crippen LogP contribution in [0, 0.1) is 13.8 Å². The van der Waals surface area contributed by atoms with E-state index in [1.54, 1.807) is 20.8 Å². The zero-order valence-corrected chi connectivity index (χ0v) is 14.2. The van der Waals surface area contributed by atoms with Crippen LogP contribution < -0.4 is 4.72 Å². The number of carbonyl (C=O) groups excluding carboxylic acids is 1. The summed E-state index contributed by atoms with van der Waals surface area (Å²) in [5.74, 6) is -0.638. The van der Waals surface area contributed by atoms with Crippen LogP contribution in [-0.2, 0) is 21.3 Å². The number of H-pyrrole nitrogens is 1. The van der Waals surface area contributed by atoms with Gasteiger partial charge in [-0.3, -0.25) is 0 Å². The summed E-state index contributed by atoms with van der Waals surface area (Å²) in [7, 11) is -3.82. The molecule has 22 heavy (non-hydrogen) atoms. The molecule has 8 heteroatoms. The smallest absolute Gasteiger partial charge is 0.341 e. The van der Waals surface area contributed by atoms with Gasteiger partial charge < -0.3 is 9.72 Å². The fraction of sp³-hybridized carbons (Fsp3) is 0.357. The predicted molar refractivity (Wildman–Crippen MR) is 84.6 cm³/mol. The maximum atomic E-state index is 12.6. The number of carbonyl (C=O) groups is 1. The molecule has 2 aromatic heterocycles. The Labute approximate surface area is 133 Å². The zero-order chi connectivity index (χ0) is 16.3. The molecule has 0 aromatic carbocycles. The van der Waals surface area contributed by atoms with Crippen LogP contribution in [-0.4, -0.2) is 26.0 Å². The lowest BCUT2D eigenvalue weighted by Gasteiger charge is -2.08. The second-order valence-corrected chi connectivity index (χ2v) is 7.44. The van der Waals surface area contributed by atoms with E-state index in [-0.39, 0.29) is 23.6 Å². The fourth-order valence-electron chi connectivity index (χ4n) is 2.19. The number of esters is 1. The predicted octanol–water partition coefficient (Wildman–Crippen LogP) is 2.35. The van der Waals surface area contributed by atoms with Gasteiger partial charge in [0.15, 0.2) is 0 Å². The molecule has 0 saturated carbocycles. The van der Waals surface area contributed by atoms with E-state index in [4.69, 9.17) is 4.74 Å². The highest BCUT2D eigenvalue weighted by molar-refractivity contribution is 7.89. The normalized spacial score (nSPS) is 11.6. The van der Waals surface area contributed by atoms with Crippen molar-refractivity contribution in [2.75, 3.05) is 6.61 Å². The van der Waals surface area contributed by atoms with Crippen molar-refractivity contribution < 1.29 is 17.9 Å². The zero-order valence-electron chi connectivity index (χ0n) is 12.6. The number of hydrogen-bond acceptors (Lipinski definition) is 5. The van der Waals surface area contributed by atoms with Crippen LogP contribution in [0.5, 0.6) is 0 Å². The molecule has 0 aliphatic carbocycles. The first-order valence-electron chi connectivity index (χ1n) is 6.75. The minimum atomic E-state index is -3.82. The number of aromatic amines is 1. The fourth-order valence-corrected chi connectivity index (χ4v) is 4.38. The highest BCUT2D eigenvalue weighted by Crippen LogP contribution is 2.25. The number of hydrogen-bond donors (Lipinski definition) is 2. The molecule has 2 N–H and O–H groups in total. The molecule has 0 saturated heterocycles. The number of sulfonamides is 1. The molecular weight excluding hydrogens is 324 g/mol. The van der Waals surface area contributed by atoms with Crippen LogP contribution in [0.4, 0.5) is 0 Å². The van der Waals surface area contributed by atoms with Gasteiger partial charge in [0.2, 0.25) is 10.0 Å². The van der Waals surface area contributed by atoms with Crippen molar-refractivity contribution in [2.45, 2.75) is 32.2 Å². The second-order valence-electron chi connectivity index (χ2n) is 4.70. The summed E-state index contributed by atoms with van der Waals surface area (Å²) in [5, 5.41) is 1.87. The first-order valence-corrected chi connectivity index (χ1v) is 9.11. The topological polar surface area (TPSA) is 88.3 Å². The second kappa shape index (κ2) is 6.64. The molecule has 0 aliphatic heterocycles. The Morgan fingerprint density at radius 1 is 1.36 bits per heavy atom. The molecule has 0 amide bonds. The van der Waals surface area contributed by atoms with Gasteiger partial charge in [0.1, 0.15) is 10.5 Å². The van der Waals surface area contributed by atoms with Crippen molar-refractivity contribution in [1.82, 2.24) is 9.71 Å². The molecule has 0 atom stereocenters.